The summed E-state index contributed by atoms with van der Waals surface area (Å²) in [5.41, 5.74) is 3.21. The number of methoxy groups -OCH3 is 1. The van der Waals surface area contributed by atoms with Gasteiger partial charge in [-0.3, -0.25) is 0 Å². The summed E-state index contributed by atoms with van der Waals surface area (Å²) >= 11 is 6.95. The molecule has 0 saturated carbocycles. The van der Waals surface area contributed by atoms with Gasteiger partial charge in [-0.25, -0.2) is 8.42 Å². The van der Waals surface area contributed by atoms with Crippen molar-refractivity contribution in [3.05, 3.63) is 88.5 Å². The van der Waals surface area contributed by atoms with E-state index in [0.717, 1.165) is 27.8 Å². The monoisotopic (exact) mass is 528 g/mol. The first-order chi connectivity index (χ1) is 16.6. The average Bonchev–Trinajstić information content (AvgIpc) is 2.79. The molecule has 2 unspecified atom stereocenters. The van der Waals surface area contributed by atoms with E-state index in [1.807, 2.05) is 72.7 Å². The molecule has 0 bridgehead atoms. The van der Waals surface area contributed by atoms with Crippen LogP contribution >= 0.6 is 11.6 Å². The van der Waals surface area contributed by atoms with Crippen LogP contribution in [-0.2, 0) is 20.7 Å². The summed E-state index contributed by atoms with van der Waals surface area (Å²) in [7, 11) is -2.31. The Hall–Kier alpha value is -2.50. The molecule has 194 valence electrons. The molecule has 3 aromatic carbocycles. The van der Waals surface area contributed by atoms with Gasteiger partial charge in [0.1, 0.15) is 11.5 Å². The second kappa shape index (κ2) is 10.1. The first kappa shape index (κ1) is 28.1. The summed E-state index contributed by atoms with van der Waals surface area (Å²) in [4.78, 5) is 0.178. The van der Waals surface area contributed by atoms with Gasteiger partial charge in [0, 0.05) is 5.92 Å². The topological polar surface area (TPSA) is 63.6 Å². The van der Waals surface area contributed by atoms with E-state index in [2.05, 4.69) is 0 Å². The van der Waals surface area contributed by atoms with Gasteiger partial charge in [0.15, 0.2) is 14.5 Å². The second-order valence-corrected chi connectivity index (χ2v) is 14.2. The van der Waals surface area contributed by atoms with Crippen molar-refractivity contribution in [1.82, 2.24) is 0 Å². The van der Waals surface area contributed by atoms with Crippen LogP contribution in [-0.4, -0.2) is 25.3 Å². The predicted molar refractivity (Wildman–Crippen MR) is 148 cm³/mol. The van der Waals surface area contributed by atoms with Gasteiger partial charge in [-0.2, -0.15) is 0 Å². The molecule has 2 atom stereocenters. The van der Waals surface area contributed by atoms with E-state index < -0.39 is 20.5 Å². The molecular weight excluding hydrogens is 492 g/mol. The van der Waals surface area contributed by atoms with Gasteiger partial charge in [0.2, 0.25) is 0 Å². The summed E-state index contributed by atoms with van der Waals surface area (Å²) in [5.74, 6) is 0.216. The first-order valence-electron chi connectivity index (χ1n) is 12.0. The average molecular weight is 529 g/mol. The van der Waals surface area contributed by atoms with Crippen LogP contribution in [0.4, 0.5) is 0 Å². The smallest absolute Gasteiger partial charge is 0.196 e. The number of benzene rings is 3. The third-order valence-electron chi connectivity index (χ3n) is 6.49. The lowest BCUT2D eigenvalue weighted by Crippen LogP contribution is -2.26. The number of aromatic hydroxyl groups is 1. The van der Waals surface area contributed by atoms with Gasteiger partial charge >= 0.3 is 0 Å². The van der Waals surface area contributed by atoms with Crippen molar-refractivity contribution in [3.63, 3.8) is 0 Å². The number of ether oxygens (including phenoxy) is 1. The molecule has 0 aromatic heterocycles. The maximum absolute atomic E-state index is 13.8. The lowest BCUT2D eigenvalue weighted by atomic mass is 9.76. The lowest BCUT2D eigenvalue weighted by molar-refractivity contribution is 0.414. The number of rotatable bonds is 6. The van der Waals surface area contributed by atoms with Gasteiger partial charge in [-0.05, 0) is 64.3 Å². The van der Waals surface area contributed by atoms with Gasteiger partial charge in [0.25, 0.3) is 0 Å². The summed E-state index contributed by atoms with van der Waals surface area (Å²) < 4.78 is 31.6. The van der Waals surface area contributed by atoms with Crippen molar-refractivity contribution in [3.8, 4) is 11.5 Å². The van der Waals surface area contributed by atoms with Gasteiger partial charge < -0.3 is 9.84 Å². The maximum atomic E-state index is 13.8. The molecule has 0 heterocycles. The molecule has 3 rings (SSSR count). The van der Waals surface area contributed by atoms with E-state index >= 15 is 0 Å². The molecule has 0 radical (unpaired) electrons. The van der Waals surface area contributed by atoms with Crippen LogP contribution in [0.25, 0.3) is 0 Å². The molecule has 6 heteroatoms. The zero-order valence-corrected chi connectivity index (χ0v) is 24.0. The molecule has 3 aromatic rings. The zero-order valence-electron chi connectivity index (χ0n) is 22.4. The molecular formula is C30H37ClO4S. The van der Waals surface area contributed by atoms with E-state index in [9.17, 15) is 13.5 Å². The highest BCUT2D eigenvalue weighted by molar-refractivity contribution is 7.93. The summed E-state index contributed by atoms with van der Waals surface area (Å²) in [5, 5.41) is 11.2. The molecule has 1 N–H and O–H groups in total. The van der Waals surface area contributed by atoms with Crippen molar-refractivity contribution in [2.24, 2.45) is 0 Å². The van der Waals surface area contributed by atoms with Gasteiger partial charge in [-0.1, -0.05) is 83.5 Å². The third-order valence-corrected chi connectivity index (χ3v) is 9.24. The quantitative estimate of drug-likeness (QED) is 0.337. The number of alkyl halides is 1. The first-order valence-corrected chi connectivity index (χ1v) is 14.0. The highest BCUT2D eigenvalue weighted by Gasteiger charge is 2.37. The highest BCUT2D eigenvalue weighted by atomic mass is 35.5. The number of phenols is 1. The van der Waals surface area contributed by atoms with Crippen LogP contribution in [0.2, 0.25) is 0 Å². The van der Waals surface area contributed by atoms with Crippen molar-refractivity contribution in [2.75, 3.05) is 7.11 Å². The van der Waals surface area contributed by atoms with E-state index in [1.54, 1.807) is 43.5 Å². The number of halogens is 1. The van der Waals surface area contributed by atoms with Crippen LogP contribution in [0, 0.1) is 6.92 Å². The van der Waals surface area contributed by atoms with Crippen LogP contribution in [0.5, 0.6) is 11.5 Å². The Labute approximate surface area is 221 Å². The Morgan fingerprint density at radius 2 is 1.28 bits per heavy atom. The molecule has 4 nitrogen and oxygen atoms in total. The standard InChI is InChI=1S/C30H37ClO4S/c1-19-9-15-23(16-10-19)36(33,34)28(31)26(20-11-13-22(35-8)14-12-20)21-17-24(29(2,3)4)27(32)25(18-21)30(5,6)7/h9-18,26,28,32H,1-8H3. The summed E-state index contributed by atoms with van der Waals surface area (Å²) in [6, 6.07) is 17.9. The van der Waals surface area contributed by atoms with Crippen molar-refractivity contribution in [2.45, 2.75) is 74.8 Å². The Balaban J connectivity index is 2.32. The minimum Gasteiger partial charge on any atom is -0.507 e. The predicted octanol–water partition coefficient (Wildman–Crippen LogP) is 7.47. The zero-order chi connectivity index (χ0) is 27.1. The number of hydrogen-bond donors (Lipinski definition) is 1. The molecule has 0 spiro atoms. The second-order valence-electron chi connectivity index (χ2n) is 11.4. The van der Waals surface area contributed by atoms with Crippen molar-refractivity contribution < 1.29 is 18.3 Å². The van der Waals surface area contributed by atoms with E-state index in [4.69, 9.17) is 16.3 Å². The Morgan fingerprint density at radius 1 is 0.806 bits per heavy atom. The number of sulfone groups is 1. The number of aryl methyl sites for hydroxylation is 1. The summed E-state index contributed by atoms with van der Waals surface area (Å²) in [6.45, 7) is 14.1. The fraction of sp³-hybridized carbons (Fsp3) is 0.400. The van der Waals surface area contributed by atoms with Gasteiger partial charge in [0.05, 0.1) is 12.0 Å². The molecule has 0 amide bonds. The normalized spacial score (nSPS) is 14.4. The molecule has 0 aliphatic carbocycles. The Morgan fingerprint density at radius 3 is 1.69 bits per heavy atom. The van der Waals surface area contributed by atoms with Crippen LogP contribution in [0.1, 0.15) is 75.3 Å². The van der Waals surface area contributed by atoms with E-state index in [1.165, 1.54) is 0 Å². The number of phenolic OH excluding ortho intramolecular Hbond substituents is 1. The molecule has 0 saturated heterocycles. The van der Waals surface area contributed by atoms with Crippen LogP contribution in [0.15, 0.2) is 65.6 Å². The minimum absolute atomic E-state index is 0.178. The van der Waals surface area contributed by atoms with Crippen molar-refractivity contribution >= 4 is 21.4 Å². The van der Waals surface area contributed by atoms with E-state index in [0.29, 0.717) is 5.75 Å². The fourth-order valence-corrected chi connectivity index (χ4v) is 6.37. The lowest BCUT2D eigenvalue weighted by Gasteiger charge is -2.31. The summed E-state index contributed by atoms with van der Waals surface area (Å²) in [6.07, 6.45) is 0. The maximum Gasteiger partial charge on any atom is 0.196 e. The molecule has 0 aliphatic heterocycles. The minimum atomic E-state index is -3.90. The van der Waals surface area contributed by atoms with Gasteiger partial charge in [-0.15, -0.1) is 11.6 Å². The van der Waals surface area contributed by atoms with E-state index in [-0.39, 0.29) is 21.5 Å². The van der Waals surface area contributed by atoms with Crippen LogP contribution in [0.3, 0.4) is 0 Å². The van der Waals surface area contributed by atoms with Crippen molar-refractivity contribution in [1.29, 1.82) is 0 Å². The largest absolute Gasteiger partial charge is 0.507 e. The Kier molecular flexibility index (Phi) is 7.88. The third kappa shape index (κ3) is 5.73. The van der Waals surface area contributed by atoms with Crippen LogP contribution < -0.4 is 4.74 Å². The SMILES string of the molecule is COc1ccc(C(c2cc(C(C)(C)C)c(O)c(C(C)(C)C)c2)C(Cl)S(=O)(=O)c2ccc(C)cc2)cc1. The molecule has 0 aliphatic rings. The highest BCUT2D eigenvalue weighted by Crippen LogP contribution is 2.45. The Bertz CT molecular complexity index is 1280. The molecule has 0 fully saturated rings. The number of hydrogen-bond acceptors (Lipinski definition) is 4. The fourth-order valence-electron chi connectivity index (χ4n) is 4.32. The molecule has 36 heavy (non-hydrogen) atoms.